The van der Waals surface area contributed by atoms with Gasteiger partial charge in [0, 0.05) is 0 Å². The molecule has 2 rings (SSSR count). The highest BCUT2D eigenvalue weighted by Gasteiger charge is 2.23. The summed E-state index contributed by atoms with van der Waals surface area (Å²) in [7, 11) is -4.06. The second kappa shape index (κ2) is 6.44. The van der Waals surface area contributed by atoms with E-state index < -0.39 is 16.0 Å². The van der Waals surface area contributed by atoms with Gasteiger partial charge in [-0.3, -0.25) is 4.79 Å². The first-order valence-electron chi connectivity index (χ1n) is 5.70. The SMILES string of the molecule is O=CN(NS(=O)(=O)c1ccc(Cl)s1)c1ccccc1C(=O)O. The van der Waals surface area contributed by atoms with E-state index >= 15 is 0 Å². The number of thiophene rings is 1. The molecule has 116 valence electrons. The molecule has 0 bridgehead atoms. The fourth-order valence-corrected chi connectivity index (χ4v) is 4.08. The van der Waals surface area contributed by atoms with Gasteiger partial charge in [0.15, 0.2) is 0 Å². The molecule has 1 aromatic carbocycles. The molecule has 0 aliphatic heterocycles. The monoisotopic (exact) mass is 360 g/mol. The maximum absolute atomic E-state index is 12.2. The highest BCUT2D eigenvalue weighted by Crippen LogP contribution is 2.26. The van der Waals surface area contributed by atoms with E-state index in [1.165, 1.54) is 36.4 Å². The van der Waals surface area contributed by atoms with Crippen molar-refractivity contribution in [1.29, 1.82) is 0 Å². The second-order valence-corrected chi connectivity index (χ2v) is 7.55. The Hall–Kier alpha value is -1.94. The Morgan fingerprint density at radius 1 is 1.27 bits per heavy atom. The number of rotatable bonds is 6. The third kappa shape index (κ3) is 3.45. The lowest BCUT2D eigenvalue weighted by molar-refractivity contribution is -0.107. The lowest BCUT2D eigenvalue weighted by Crippen LogP contribution is -2.41. The Bertz CT molecular complexity index is 818. The van der Waals surface area contributed by atoms with Crippen LogP contribution in [-0.2, 0) is 14.8 Å². The number of aromatic carboxylic acids is 1. The number of nitrogens with zero attached hydrogens (tertiary/aromatic N) is 1. The minimum atomic E-state index is -4.06. The fraction of sp³-hybridized carbons (Fsp3) is 0. The molecule has 1 heterocycles. The predicted molar refractivity (Wildman–Crippen MR) is 81.6 cm³/mol. The zero-order chi connectivity index (χ0) is 16.3. The second-order valence-electron chi connectivity index (χ2n) is 3.95. The van der Waals surface area contributed by atoms with Gasteiger partial charge in [-0.15, -0.1) is 16.2 Å². The van der Waals surface area contributed by atoms with Gasteiger partial charge in [-0.05, 0) is 24.3 Å². The Labute approximate surface area is 134 Å². The third-order valence-corrected chi connectivity index (χ3v) is 5.57. The summed E-state index contributed by atoms with van der Waals surface area (Å²) in [4.78, 5) is 24.3. The average molecular weight is 361 g/mol. The summed E-state index contributed by atoms with van der Waals surface area (Å²) < 4.78 is 24.5. The van der Waals surface area contributed by atoms with Crippen molar-refractivity contribution in [3.8, 4) is 0 Å². The molecule has 0 saturated carbocycles. The largest absolute Gasteiger partial charge is 0.478 e. The zero-order valence-corrected chi connectivity index (χ0v) is 13.2. The predicted octanol–water partition coefficient (Wildman–Crippen LogP) is 1.96. The van der Waals surface area contributed by atoms with Gasteiger partial charge in [-0.1, -0.05) is 23.7 Å². The number of hydrogen-bond donors (Lipinski definition) is 2. The molecule has 2 N–H and O–H groups in total. The number of sulfonamides is 1. The van der Waals surface area contributed by atoms with E-state index in [1.807, 2.05) is 4.83 Å². The van der Waals surface area contributed by atoms with E-state index in [0.29, 0.717) is 5.01 Å². The molecule has 10 heteroatoms. The summed E-state index contributed by atoms with van der Waals surface area (Å²) in [6.45, 7) is 0. The number of hydrogen-bond acceptors (Lipinski definition) is 5. The first-order chi connectivity index (χ1) is 10.3. The van der Waals surface area contributed by atoms with Crippen molar-refractivity contribution in [3.05, 3.63) is 46.3 Å². The van der Waals surface area contributed by atoms with Crippen molar-refractivity contribution in [3.63, 3.8) is 0 Å². The van der Waals surface area contributed by atoms with Crippen LogP contribution >= 0.6 is 22.9 Å². The third-order valence-electron chi connectivity index (χ3n) is 2.53. The van der Waals surface area contributed by atoms with Crippen LogP contribution in [0.2, 0.25) is 4.34 Å². The van der Waals surface area contributed by atoms with E-state index in [2.05, 4.69) is 0 Å². The molecule has 0 spiro atoms. The molecule has 7 nitrogen and oxygen atoms in total. The molecule has 0 unspecified atom stereocenters. The van der Waals surface area contributed by atoms with Gasteiger partial charge < -0.3 is 5.11 Å². The Morgan fingerprint density at radius 3 is 2.50 bits per heavy atom. The van der Waals surface area contributed by atoms with Gasteiger partial charge in [0.05, 0.1) is 15.6 Å². The van der Waals surface area contributed by atoms with Crippen LogP contribution in [0.3, 0.4) is 0 Å². The van der Waals surface area contributed by atoms with Crippen LogP contribution in [0.25, 0.3) is 0 Å². The Kier molecular flexibility index (Phi) is 4.81. The first-order valence-corrected chi connectivity index (χ1v) is 8.37. The summed E-state index contributed by atoms with van der Waals surface area (Å²) in [5.74, 6) is -1.29. The molecule has 0 aliphatic carbocycles. The number of para-hydroxylation sites is 1. The number of carboxylic acids is 1. The fourth-order valence-electron chi connectivity index (χ4n) is 1.61. The minimum absolute atomic E-state index is 0.0999. The van der Waals surface area contributed by atoms with E-state index in [4.69, 9.17) is 16.7 Å². The maximum Gasteiger partial charge on any atom is 0.337 e. The number of hydrazine groups is 1. The van der Waals surface area contributed by atoms with Crippen LogP contribution in [-0.4, -0.2) is 25.9 Å². The van der Waals surface area contributed by atoms with Crippen LogP contribution in [0.15, 0.2) is 40.6 Å². The van der Waals surface area contributed by atoms with E-state index in [1.54, 1.807) is 0 Å². The van der Waals surface area contributed by atoms with Gasteiger partial charge >= 0.3 is 5.97 Å². The van der Waals surface area contributed by atoms with Crippen molar-refractivity contribution in [2.24, 2.45) is 0 Å². The van der Waals surface area contributed by atoms with Crippen LogP contribution in [0, 0.1) is 0 Å². The number of carboxylic acid groups (broad SMARTS) is 1. The van der Waals surface area contributed by atoms with Gasteiger partial charge in [0.2, 0.25) is 6.41 Å². The lowest BCUT2D eigenvalue weighted by atomic mass is 10.2. The van der Waals surface area contributed by atoms with Gasteiger partial charge in [-0.25, -0.2) is 18.2 Å². The minimum Gasteiger partial charge on any atom is -0.478 e. The molecule has 0 radical (unpaired) electrons. The van der Waals surface area contributed by atoms with Crippen molar-refractivity contribution < 1.29 is 23.1 Å². The molecule has 0 saturated heterocycles. The molecule has 1 aromatic heterocycles. The van der Waals surface area contributed by atoms with Crippen LogP contribution in [0.5, 0.6) is 0 Å². The number of halogens is 1. The van der Waals surface area contributed by atoms with Gasteiger partial charge in [0.25, 0.3) is 10.0 Å². The Morgan fingerprint density at radius 2 is 1.95 bits per heavy atom. The standard InChI is InChI=1S/C12H9ClN2O5S2/c13-10-5-6-11(21-10)22(19,20)14-15(7-16)9-4-2-1-3-8(9)12(17)18/h1-7,14H,(H,17,18). The molecule has 0 atom stereocenters. The van der Waals surface area contributed by atoms with Crippen LogP contribution in [0.1, 0.15) is 10.4 Å². The number of benzene rings is 1. The van der Waals surface area contributed by atoms with E-state index in [9.17, 15) is 18.0 Å². The zero-order valence-electron chi connectivity index (χ0n) is 10.8. The molecular weight excluding hydrogens is 352 g/mol. The number of amides is 1. The maximum atomic E-state index is 12.2. The van der Waals surface area contributed by atoms with Crippen molar-refractivity contribution >= 4 is 51.0 Å². The van der Waals surface area contributed by atoms with Crippen LogP contribution in [0.4, 0.5) is 5.69 Å². The van der Waals surface area contributed by atoms with Crippen molar-refractivity contribution in [1.82, 2.24) is 4.83 Å². The van der Waals surface area contributed by atoms with E-state index in [0.717, 1.165) is 11.3 Å². The molecule has 1 amide bonds. The van der Waals surface area contributed by atoms with E-state index in [-0.39, 0.29) is 26.2 Å². The number of nitrogens with one attached hydrogen (secondary N) is 1. The first kappa shape index (κ1) is 16.4. The summed E-state index contributed by atoms with van der Waals surface area (Å²) in [5, 5.41) is 9.68. The van der Waals surface area contributed by atoms with Gasteiger partial charge in [-0.2, -0.15) is 0 Å². The smallest absolute Gasteiger partial charge is 0.337 e. The summed E-state index contributed by atoms with van der Waals surface area (Å²) in [6, 6.07) is 8.18. The highest BCUT2D eigenvalue weighted by molar-refractivity contribution is 7.91. The normalized spacial score (nSPS) is 11.1. The highest BCUT2D eigenvalue weighted by atomic mass is 35.5. The lowest BCUT2D eigenvalue weighted by Gasteiger charge is -2.19. The molecule has 0 fully saturated rings. The van der Waals surface area contributed by atoms with Gasteiger partial charge in [0.1, 0.15) is 4.21 Å². The average Bonchev–Trinajstić information content (AvgIpc) is 2.92. The summed E-state index contributed by atoms with van der Waals surface area (Å²) in [5.41, 5.74) is -0.322. The molecule has 0 aliphatic rings. The number of carbonyl (C=O) groups is 2. The molecule has 2 aromatic rings. The number of anilines is 1. The summed E-state index contributed by atoms with van der Waals surface area (Å²) >= 11 is 6.50. The van der Waals surface area contributed by atoms with Crippen molar-refractivity contribution in [2.45, 2.75) is 4.21 Å². The Balaban J connectivity index is 2.38. The van der Waals surface area contributed by atoms with Crippen molar-refractivity contribution in [2.75, 3.05) is 5.01 Å². The van der Waals surface area contributed by atoms with Crippen LogP contribution < -0.4 is 9.84 Å². The number of carbonyl (C=O) groups excluding carboxylic acids is 1. The summed E-state index contributed by atoms with van der Waals surface area (Å²) in [6.07, 6.45) is 0.175. The topological polar surface area (TPSA) is 104 Å². The quantitative estimate of drug-likeness (QED) is 0.605. The molecular formula is C12H9ClN2O5S2. The molecule has 22 heavy (non-hydrogen) atoms.